The average molecular weight is 286 g/mol. The molecule has 1 atom stereocenters. The Kier molecular flexibility index (Phi) is 4.58. The maximum absolute atomic E-state index is 13.7. The Bertz CT molecular complexity index is 655. The number of carbonyl (C=O) groups excluding carboxylic acids is 1. The number of nitrogens with two attached hydrogens (primary N) is 1. The number of anilines is 1. The second-order valence-electron chi connectivity index (χ2n) is 5.24. The van der Waals surface area contributed by atoms with E-state index >= 15 is 0 Å². The van der Waals surface area contributed by atoms with Gasteiger partial charge in [0.25, 0.3) is 5.91 Å². The lowest BCUT2D eigenvalue weighted by Crippen LogP contribution is -2.34. The van der Waals surface area contributed by atoms with Gasteiger partial charge in [0.2, 0.25) is 0 Å². The van der Waals surface area contributed by atoms with Crippen molar-refractivity contribution >= 4 is 11.6 Å². The number of benzene rings is 2. The lowest BCUT2D eigenvalue weighted by molar-refractivity contribution is 0.0936. The summed E-state index contributed by atoms with van der Waals surface area (Å²) in [6.45, 7) is 3.93. The Balaban J connectivity index is 2.04. The lowest BCUT2D eigenvalue weighted by atomic mass is 10.0. The third-order valence-electron chi connectivity index (χ3n) is 3.40. The van der Waals surface area contributed by atoms with Gasteiger partial charge in [-0.2, -0.15) is 0 Å². The molecular weight excluding hydrogens is 267 g/mol. The molecule has 2 aromatic carbocycles. The topological polar surface area (TPSA) is 55.1 Å². The zero-order chi connectivity index (χ0) is 15.4. The van der Waals surface area contributed by atoms with Crippen molar-refractivity contribution in [3.05, 3.63) is 65.0 Å². The van der Waals surface area contributed by atoms with E-state index in [9.17, 15) is 9.18 Å². The van der Waals surface area contributed by atoms with Crippen LogP contribution in [0.1, 0.15) is 28.4 Å². The highest BCUT2D eigenvalue weighted by Crippen LogP contribution is 2.13. The first-order valence-corrected chi connectivity index (χ1v) is 6.87. The van der Waals surface area contributed by atoms with Crippen LogP contribution in [0.25, 0.3) is 0 Å². The van der Waals surface area contributed by atoms with Crippen molar-refractivity contribution in [2.75, 3.05) is 5.73 Å². The molecule has 0 aliphatic heterocycles. The number of nitrogens with one attached hydrogen (secondary N) is 1. The molecule has 0 heterocycles. The third-order valence-corrected chi connectivity index (χ3v) is 3.40. The van der Waals surface area contributed by atoms with Gasteiger partial charge in [0.05, 0.1) is 5.56 Å². The number of aryl methyl sites for hydroxylation is 1. The predicted molar refractivity (Wildman–Crippen MR) is 82.6 cm³/mol. The number of hydrogen-bond acceptors (Lipinski definition) is 2. The lowest BCUT2D eigenvalue weighted by Gasteiger charge is -2.15. The Morgan fingerprint density at radius 2 is 2.00 bits per heavy atom. The van der Waals surface area contributed by atoms with E-state index in [0.717, 1.165) is 6.07 Å². The maximum Gasteiger partial charge on any atom is 0.254 e. The molecule has 1 amide bonds. The van der Waals surface area contributed by atoms with E-state index in [1.807, 2.05) is 38.1 Å². The van der Waals surface area contributed by atoms with Gasteiger partial charge in [-0.3, -0.25) is 4.79 Å². The van der Waals surface area contributed by atoms with Crippen LogP contribution in [0.4, 0.5) is 10.1 Å². The Labute approximate surface area is 124 Å². The standard InChI is InChI=1S/C17H19FN2O/c1-11-5-3-4-6-13(11)9-12(2)20-17(21)15-8-7-14(19)10-16(15)18/h3-8,10,12H,9,19H2,1-2H3,(H,20,21). The van der Waals surface area contributed by atoms with Crippen LogP contribution in [-0.2, 0) is 6.42 Å². The van der Waals surface area contributed by atoms with Crippen molar-refractivity contribution in [2.45, 2.75) is 26.3 Å². The number of rotatable bonds is 4. The summed E-state index contributed by atoms with van der Waals surface area (Å²) in [6, 6.07) is 12.0. The Hall–Kier alpha value is -2.36. The maximum atomic E-state index is 13.7. The first-order chi connectivity index (χ1) is 9.97. The summed E-state index contributed by atoms with van der Waals surface area (Å²) in [5.41, 5.74) is 8.14. The molecule has 21 heavy (non-hydrogen) atoms. The molecule has 0 bridgehead atoms. The zero-order valence-corrected chi connectivity index (χ0v) is 12.2. The minimum atomic E-state index is -0.601. The second kappa shape index (κ2) is 6.39. The fraction of sp³-hybridized carbons (Fsp3) is 0.235. The van der Waals surface area contributed by atoms with Gasteiger partial charge in [0, 0.05) is 11.7 Å². The van der Waals surface area contributed by atoms with E-state index in [-0.39, 0.29) is 11.6 Å². The first kappa shape index (κ1) is 15.0. The Morgan fingerprint density at radius 1 is 1.29 bits per heavy atom. The van der Waals surface area contributed by atoms with E-state index in [1.54, 1.807) is 0 Å². The molecule has 0 aliphatic rings. The molecule has 2 aromatic rings. The largest absolute Gasteiger partial charge is 0.399 e. The number of carbonyl (C=O) groups is 1. The summed E-state index contributed by atoms with van der Waals surface area (Å²) in [6.07, 6.45) is 0.703. The van der Waals surface area contributed by atoms with Gasteiger partial charge in [-0.05, 0) is 49.6 Å². The predicted octanol–water partition coefficient (Wildman–Crippen LogP) is 3.08. The molecule has 0 radical (unpaired) electrons. The molecule has 0 saturated carbocycles. The highest BCUT2D eigenvalue weighted by atomic mass is 19.1. The van der Waals surface area contributed by atoms with Crippen molar-refractivity contribution in [2.24, 2.45) is 0 Å². The van der Waals surface area contributed by atoms with Crippen molar-refractivity contribution < 1.29 is 9.18 Å². The molecule has 0 fully saturated rings. The fourth-order valence-corrected chi connectivity index (χ4v) is 2.24. The number of nitrogen functional groups attached to an aromatic ring is 1. The third kappa shape index (κ3) is 3.81. The van der Waals surface area contributed by atoms with Crippen molar-refractivity contribution in [3.8, 4) is 0 Å². The minimum Gasteiger partial charge on any atom is -0.399 e. The quantitative estimate of drug-likeness (QED) is 0.849. The molecule has 3 N–H and O–H groups in total. The molecular formula is C17H19FN2O. The average Bonchev–Trinajstić information content (AvgIpc) is 2.41. The van der Waals surface area contributed by atoms with Gasteiger partial charge in [-0.25, -0.2) is 4.39 Å². The molecule has 110 valence electrons. The number of hydrogen-bond donors (Lipinski definition) is 2. The van der Waals surface area contributed by atoms with Gasteiger partial charge in [-0.15, -0.1) is 0 Å². The molecule has 0 aromatic heterocycles. The first-order valence-electron chi connectivity index (χ1n) is 6.87. The van der Waals surface area contributed by atoms with E-state index < -0.39 is 11.7 Å². The summed E-state index contributed by atoms with van der Waals surface area (Å²) >= 11 is 0. The summed E-state index contributed by atoms with van der Waals surface area (Å²) in [5.74, 6) is -1.02. The molecule has 0 aliphatic carbocycles. The van der Waals surface area contributed by atoms with Gasteiger partial charge < -0.3 is 11.1 Å². The van der Waals surface area contributed by atoms with Gasteiger partial charge in [0.15, 0.2) is 0 Å². The molecule has 3 nitrogen and oxygen atoms in total. The Morgan fingerprint density at radius 3 is 2.67 bits per heavy atom. The van der Waals surface area contributed by atoms with E-state index in [2.05, 4.69) is 5.32 Å². The van der Waals surface area contributed by atoms with Crippen LogP contribution >= 0.6 is 0 Å². The summed E-state index contributed by atoms with van der Waals surface area (Å²) in [5, 5.41) is 2.81. The van der Waals surface area contributed by atoms with Crippen LogP contribution in [-0.4, -0.2) is 11.9 Å². The van der Waals surface area contributed by atoms with Crippen LogP contribution in [0.5, 0.6) is 0 Å². The summed E-state index contributed by atoms with van der Waals surface area (Å²) < 4.78 is 13.7. The normalized spacial score (nSPS) is 12.0. The van der Waals surface area contributed by atoms with Crippen LogP contribution in [0.2, 0.25) is 0 Å². The van der Waals surface area contributed by atoms with Crippen LogP contribution in [0.15, 0.2) is 42.5 Å². The monoisotopic (exact) mass is 286 g/mol. The van der Waals surface area contributed by atoms with Crippen molar-refractivity contribution in [3.63, 3.8) is 0 Å². The second-order valence-corrected chi connectivity index (χ2v) is 5.24. The fourth-order valence-electron chi connectivity index (χ4n) is 2.24. The van der Waals surface area contributed by atoms with Crippen LogP contribution in [0, 0.1) is 12.7 Å². The smallest absolute Gasteiger partial charge is 0.254 e. The van der Waals surface area contributed by atoms with E-state index in [1.165, 1.54) is 23.3 Å². The molecule has 4 heteroatoms. The van der Waals surface area contributed by atoms with Gasteiger partial charge >= 0.3 is 0 Å². The highest BCUT2D eigenvalue weighted by molar-refractivity contribution is 5.95. The van der Waals surface area contributed by atoms with Crippen molar-refractivity contribution in [1.82, 2.24) is 5.32 Å². The highest BCUT2D eigenvalue weighted by Gasteiger charge is 2.15. The number of amides is 1. The van der Waals surface area contributed by atoms with Gasteiger partial charge in [0.1, 0.15) is 5.82 Å². The summed E-state index contributed by atoms with van der Waals surface area (Å²) in [7, 11) is 0. The minimum absolute atomic E-state index is 0.0147. The molecule has 0 saturated heterocycles. The van der Waals surface area contributed by atoms with E-state index in [4.69, 9.17) is 5.73 Å². The SMILES string of the molecule is Cc1ccccc1CC(C)NC(=O)c1ccc(N)cc1F. The molecule has 1 unspecified atom stereocenters. The van der Waals surface area contributed by atoms with Gasteiger partial charge in [-0.1, -0.05) is 24.3 Å². The van der Waals surface area contributed by atoms with Crippen LogP contribution < -0.4 is 11.1 Å². The van der Waals surface area contributed by atoms with Crippen molar-refractivity contribution in [1.29, 1.82) is 0 Å². The van der Waals surface area contributed by atoms with Crippen LogP contribution in [0.3, 0.4) is 0 Å². The van der Waals surface area contributed by atoms with E-state index in [0.29, 0.717) is 12.1 Å². The molecule has 2 rings (SSSR count). The zero-order valence-electron chi connectivity index (χ0n) is 12.2. The molecule has 0 spiro atoms. The number of halogens is 1. The summed E-state index contributed by atoms with van der Waals surface area (Å²) in [4.78, 5) is 12.1.